The summed E-state index contributed by atoms with van der Waals surface area (Å²) in [4.78, 5) is 17.9. The first-order chi connectivity index (χ1) is 7.45. The van der Waals surface area contributed by atoms with Crippen LogP contribution in [0, 0.1) is 5.92 Å². The van der Waals surface area contributed by atoms with Crippen molar-refractivity contribution in [1.82, 2.24) is 9.88 Å². The van der Waals surface area contributed by atoms with Crippen LogP contribution in [0.15, 0.2) is 11.6 Å². The van der Waals surface area contributed by atoms with E-state index in [1.165, 1.54) is 0 Å². The second kappa shape index (κ2) is 5.41. The number of rotatable bonds is 4. The number of nitrogens with zero attached hydrogens (tertiary/aromatic N) is 2. The lowest BCUT2D eigenvalue weighted by Crippen LogP contribution is -2.45. The molecule has 1 aromatic heterocycles. The van der Waals surface area contributed by atoms with Crippen molar-refractivity contribution in [1.29, 1.82) is 0 Å². The van der Waals surface area contributed by atoms with Crippen LogP contribution in [0.3, 0.4) is 0 Å². The quantitative estimate of drug-likeness (QED) is 0.872. The molecule has 0 bridgehead atoms. The van der Waals surface area contributed by atoms with Gasteiger partial charge < -0.3 is 10.6 Å². The molecule has 0 radical (unpaired) electrons. The SMILES string of the molecule is CC(C)[C@H](N)C(=O)N(C)[C@H](C)c1nccs1. The van der Waals surface area contributed by atoms with Crippen molar-refractivity contribution < 1.29 is 4.79 Å². The Morgan fingerprint density at radius 3 is 2.56 bits per heavy atom. The minimum absolute atomic E-state index is 0.0164. The monoisotopic (exact) mass is 241 g/mol. The van der Waals surface area contributed by atoms with Gasteiger partial charge in [0.1, 0.15) is 5.01 Å². The van der Waals surface area contributed by atoms with Gasteiger partial charge >= 0.3 is 0 Å². The first kappa shape index (κ1) is 13.1. The number of carbonyl (C=O) groups is 1. The Morgan fingerprint density at radius 2 is 2.12 bits per heavy atom. The molecule has 0 spiro atoms. The van der Waals surface area contributed by atoms with Gasteiger partial charge in [-0.2, -0.15) is 0 Å². The lowest BCUT2D eigenvalue weighted by atomic mass is 10.0. The van der Waals surface area contributed by atoms with Crippen molar-refractivity contribution in [2.45, 2.75) is 32.9 Å². The molecule has 0 unspecified atom stereocenters. The lowest BCUT2D eigenvalue weighted by Gasteiger charge is -2.27. The lowest BCUT2D eigenvalue weighted by molar-refractivity contribution is -0.134. The second-order valence-corrected chi connectivity index (χ2v) is 5.19. The van der Waals surface area contributed by atoms with E-state index in [0.29, 0.717) is 0 Å². The van der Waals surface area contributed by atoms with E-state index in [9.17, 15) is 4.79 Å². The van der Waals surface area contributed by atoms with E-state index in [-0.39, 0.29) is 17.9 Å². The molecule has 1 heterocycles. The van der Waals surface area contributed by atoms with Crippen LogP contribution >= 0.6 is 11.3 Å². The second-order valence-electron chi connectivity index (χ2n) is 4.27. The normalized spacial score (nSPS) is 14.9. The minimum atomic E-state index is -0.438. The van der Waals surface area contributed by atoms with E-state index in [1.807, 2.05) is 26.2 Å². The van der Waals surface area contributed by atoms with Gasteiger partial charge in [-0.05, 0) is 12.8 Å². The van der Waals surface area contributed by atoms with E-state index in [2.05, 4.69) is 4.98 Å². The number of carbonyl (C=O) groups excluding carboxylic acids is 1. The summed E-state index contributed by atoms with van der Waals surface area (Å²) >= 11 is 1.55. The molecule has 0 fully saturated rings. The zero-order valence-corrected chi connectivity index (χ0v) is 11.0. The minimum Gasteiger partial charge on any atom is -0.335 e. The zero-order chi connectivity index (χ0) is 12.3. The molecule has 2 atom stereocenters. The molecule has 0 aromatic carbocycles. The first-order valence-electron chi connectivity index (χ1n) is 5.36. The summed E-state index contributed by atoms with van der Waals surface area (Å²) in [5.74, 6) is 0.121. The fourth-order valence-corrected chi connectivity index (χ4v) is 2.06. The van der Waals surface area contributed by atoms with Crippen molar-refractivity contribution in [3.8, 4) is 0 Å². The molecule has 2 N–H and O–H groups in total. The van der Waals surface area contributed by atoms with Crippen molar-refractivity contribution in [3.05, 3.63) is 16.6 Å². The zero-order valence-electron chi connectivity index (χ0n) is 10.2. The Bertz CT molecular complexity index is 337. The molecule has 1 rings (SSSR count). The average molecular weight is 241 g/mol. The largest absolute Gasteiger partial charge is 0.335 e. The number of amides is 1. The van der Waals surface area contributed by atoms with E-state index in [1.54, 1.807) is 29.5 Å². The number of hydrogen-bond donors (Lipinski definition) is 1. The molecular weight excluding hydrogens is 222 g/mol. The van der Waals surface area contributed by atoms with Gasteiger partial charge in [0.25, 0.3) is 0 Å². The van der Waals surface area contributed by atoms with Crippen LogP contribution in [-0.4, -0.2) is 28.9 Å². The molecule has 90 valence electrons. The third-order valence-electron chi connectivity index (χ3n) is 2.74. The molecule has 0 aliphatic carbocycles. The van der Waals surface area contributed by atoms with Gasteiger partial charge in [0.05, 0.1) is 12.1 Å². The van der Waals surface area contributed by atoms with Crippen LogP contribution in [0.25, 0.3) is 0 Å². The molecular formula is C11H19N3OS. The highest BCUT2D eigenvalue weighted by Gasteiger charge is 2.25. The summed E-state index contributed by atoms with van der Waals surface area (Å²) in [6.07, 6.45) is 1.75. The van der Waals surface area contributed by atoms with Gasteiger partial charge in [-0.25, -0.2) is 4.98 Å². The van der Waals surface area contributed by atoms with Gasteiger partial charge in [-0.1, -0.05) is 13.8 Å². The number of nitrogens with two attached hydrogens (primary N) is 1. The Balaban J connectivity index is 2.71. The molecule has 0 saturated carbocycles. The van der Waals surface area contributed by atoms with Gasteiger partial charge in [0.15, 0.2) is 0 Å². The fraction of sp³-hybridized carbons (Fsp3) is 0.636. The fourth-order valence-electron chi connectivity index (χ4n) is 1.32. The van der Waals surface area contributed by atoms with Crippen molar-refractivity contribution in [2.75, 3.05) is 7.05 Å². The van der Waals surface area contributed by atoms with Crippen LogP contribution in [0.4, 0.5) is 0 Å². The van der Waals surface area contributed by atoms with Crippen molar-refractivity contribution in [3.63, 3.8) is 0 Å². The molecule has 0 aliphatic heterocycles. The molecule has 5 heteroatoms. The average Bonchev–Trinajstić information content (AvgIpc) is 2.78. The van der Waals surface area contributed by atoms with Crippen molar-refractivity contribution >= 4 is 17.2 Å². The van der Waals surface area contributed by atoms with E-state index >= 15 is 0 Å². The number of likely N-dealkylation sites (N-methyl/N-ethyl adjacent to an activating group) is 1. The highest BCUT2D eigenvalue weighted by atomic mass is 32.1. The molecule has 0 saturated heterocycles. The van der Waals surface area contributed by atoms with E-state index < -0.39 is 6.04 Å². The summed E-state index contributed by atoms with van der Waals surface area (Å²) in [7, 11) is 1.77. The molecule has 16 heavy (non-hydrogen) atoms. The summed E-state index contributed by atoms with van der Waals surface area (Å²) < 4.78 is 0. The number of hydrogen-bond acceptors (Lipinski definition) is 4. The third kappa shape index (κ3) is 2.80. The van der Waals surface area contributed by atoms with Crippen molar-refractivity contribution in [2.24, 2.45) is 11.7 Å². The van der Waals surface area contributed by atoms with Crippen LogP contribution in [0.2, 0.25) is 0 Å². The molecule has 4 nitrogen and oxygen atoms in total. The van der Waals surface area contributed by atoms with Gasteiger partial charge in [0.2, 0.25) is 5.91 Å². The topological polar surface area (TPSA) is 59.2 Å². The Morgan fingerprint density at radius 1 is 1.50 bits per heavy atom. The first-order valence-corrected chi connectivity index (χ1v) is 6.24. The number of aromatic nitrogens is 1. The predicted molar refractivity (Wildman–Crippen MR) is 66.1 cm³/mol. The smallest absolute Gasteiger partial charge is 0.240 e. The molecule has 0 aliphatic rings. The highest BCUT2D eigenvalue weighted by Crippen LogP contribution is 2.21. The van der Waals surface area contributed by atoms with Gasteiger partial charge in [-0.3, -0.25) is 4.79 Å². The van der Waals surface area contributed by atoms with Crippen LogP contribution < -0.4 is 5.73 Å². The van der Waals surface area contributed by atoms with E-state index in [0.717, 1.165) is 5.01 Å². The third-order valence-corrected chi connectivity index (χ3v) is 3.69. The maximum absolute atomic E-state index is 12.0. The number of thiazole rings is 1. The molecule has 1 amide bonds. The summed E-state index contributed by atoms with van der Waals surface area (Å²) in [6.45, 7) is 5.86. The van der Waals surface area contributed by atoms with Gasteiger partial charge in [-0.15, -0.1) is 11.3 Å². The van der Waals surface area contributed by atoms with Crippen LogP contribution in [-0.2, 0) is 4.79 Å². The van der Waals surface area contributed by atoms with Crippen LogP contribution in [0.5, 0.6) is 0 Å². The maximum Gasteiger partial charge on any atom is 0.240 e. The van der Waals surface area contributed by atoms with E-state index in [4.69, 9.17) is 5.73 Å². The highest BCUT2D eigenvalue weighted by molar-refractivity contribution is 7.09. The summed E-state index contributed by atoms with van der Waals surface area (Å²) in [6, 6.07) is -0.454. The standard InChI is InChI=1S/C11H19N3OS/c1-7(2)9(12)11(15)14(4)8(3)10-13-5-6-16-10/h5-9H,12H2,1-4H3/t8-,9+/m1/s1. The molecule has 1 aromatic rings. The Kier molecular flexibility index (Phi) is 4.44. The summed E-state index contributed by atoms with van der Waals surface area (Å²) in [5.41, 5.74) is 5.84. The maximum atomic E-state index is 12.0. The van der Waals surface area contributed by atoms with Crippen LogP contribution in [0.1, 0.15) is 31.8 Å². The predicted octanol–water partition coefficient (Wildman–Crippen LogP) is 1.65. The Hall–Kier alpha value is -0.940. The van der Waals surface area contributed by atoms with Gasteiger partial charge in [0, 0.05) is 18.6 Å². The summed E-state index contributed by atoms with van der Waals surface area (Å²) in [5, 5.41) is 2.85. The Labute approximate surface area is 100 Å².